The maximum atomic E-state index is 8.74. The first-order chi connectivity index (χ1) is 14.9. The highest BCUT2D eigenvalue weighted by Gasteiger charge is 2.15. The van der Waals surface area contributed by atoms with Gasteiger partial charge in [0.15, 0.2) is 0 Å². The second-order valence-corrected chi connectivity index (χ2v) is 7.56. The van der Waals surface area contributed by atoms with Crippen LogP contribution in [-0.2, 0) is 10.4 Å². The zero-order valence-electron chi connectivity index (χ0n) is 16.7. The first-order valence-corrected chi connectivity index (χ1v) is 11.0. The fourth-order valence-corrected chi connectivity index (χ4v) is 3.33. The van der Waals surface area contributed by atoms with E-state index in [1.165, 1.54) is 33.4 Å². The van der Waals surface area contributed by atoms with Crippen molar-refractivity contribution in [3.05, 3.63) is 144 Å². The number of hydrogen-bond acceptors (Lipinski definition) is 2. The van der Waals surface area contributed by atoms with Gasteiger partial charge in [-0.1, -0.05) is 121 Å². The van der Waals surface area contributed by atoms with Crippen molar-refractivity contribution in [3.8, 4) is 0 Å². The zero-order chi connectivity index (χ0) is 22.1. The molecule has 0 aromatic heterocycles. The maximum Gasteiger partial charge on any atom is 0.394 e. The van der Waals surface area contributed by atoms with Crippen molar-refractivity contribution in [2.24, 2.45) is 0 Å². The van der Waals surface area contributed by atoms with Crippen LogP contribution in [-0.4, -0.2) is 17.5 Å². The van der Waals surface area contributed by atoms with Gasteiger partial charge in [0.1, 0.15) is 0 Å². The van der Waals surface area contributed by atoms with E-state index in [2.05, 4.69) is 121 Å². The Morgan fingerprint density at radius 3 is 0.742 bits per heavy atom. The molecule has 0 aliphatic rings. The summed E-state index contributed by atoms with van der Waals surface area (Å²) in [6.45, 7) is 0. The van der Waals surface area contributed by atoms with Crippen LogP contribution in [0.5, 0.6) is 0 Å². The molecule has 156 valence electrons. The fourth-order valence-electron chi connectivity index (χ4n) is 3.33. The summed E-state index contributed by atoms with van der Waals surface area (Å²) in [5, 5.41) is 0. The highest BCUT2D eigenvalue weighted by molar-refractivity contribution is 7.79. The summed E-state index contributed by atoms with van der Waals surface area (Å²) in [5.74, 6) is 0. The smallest absolute Gasteiger partial charge is 0.264 e. The summed E-state index contributed by atoms with van der Waals surface area (Å²) in [5.41, 5.74) is 7.40. The summed E-state index contributed by atoms with van der Waals surface area (Å²) in [6, 6.07) is 42.6. The van der Waals surface area contributed by atoms with Crippen molar-refractivity contribution in [2.45, 2.75) is 0 Å². The summed E-state index contributed by atoms with van der Waals surface area (Å²) in [6.07, 6.45) is 0. The monoisotopic (exact) mass is 430 g/mol. The molecule has 0 saturated carbocycles. The van der Waals surface area contributed by atoms with E-state index in [1.807, 2.05) is 0 Å². The van der Waals surface area contributed by atoms with Crippen LogP contribution < -0.4 is 0 Å². The van der Waals surface area contributed by atoms with Gasteiger partial charge in [0, 0.05) is 0 Å². The first-order valence-electron chi connectivity index (χ1n) is 9.59. The van der Waals surface area contributed by atoms with Crippen molar-refractivity contribution in [1.29, 1.82) is 0 Å². The van der Waals surface area contributed by atoms with Crippen LogP contribution in [0.2, 0.25) is 0 Å². The molecule has 0 saturated heterocycles. The van der Waals surface area contributed by atoms with E-state index in [-0.39, 0.29) is 0 Å². The Balaban J connectivity index is 0.000000491. The summed E-state index contributed by atoms with van der Waals surface area (Å²) in [7, 11) is -4.67. The molecule has 0 unspecified atom stereocenters. The van der Waals surface area contributed by atoms with Gasteiger partial charge in [0.25, 0.3) is 0 Å². The van der Waals surface area contributed by atoms with Gasteiger partial charge in [-0.15, -0.1) is 0 Å². The van der Waals surface area contributed by atoms with Gasteiger partial charge >= 0.3 is 10.4 Å². The molecule has 0 aliphatic carbocycles. The molecule has 31 heavy (non-hydrogen) atoms. The molecule has 0 aliphatic heterocycles. The highest BCUT2D eigenvalue weighted by Crippen LogP contribution is 2.36. The van der Waals surface area contributed by atoms with Crippen molar-refractivity contribution in [1.82, 2.24) is 0 Å². The Morgan fingerprint density at radius 1 is 0.419 bits per heavy atom. The molecule has 0 heterocycles. The van der Waals surface area contributed by atoms with Crippen molar-refractivity contribution in [2.75, 3.05) is 0 Å². The molecule has 4 rings (SSSR count). The quantitative estimate of drug-likeness (QED) is 0.306. The number of hydrogen-bond donors (Lipinski definition) is 2. The third-order valence-electron chi connectivity index (χ3n) is 4.50. The minimum atomic E-state index is -4.67. The van der Waals surface area contributed by atoms with Crippen LogP contribution in [0.3, 0.4) is 0 Å². The van der Waals surface area contributed by atoms with Crippen LogP contribution in [0, 0.1) is 0 Å². The van der Waals surface area contributed by atoms with Gasteiger partial charge in [-0.05, 0) is 33.4 Å². The first kappa shape index (κ1) is 22.2. The molecule has 0 radical (unpaired) electrons. The Morgan fingerprint density at radius 2 is 0.581 bits per heavy atom. The maximum absolute atomic E-state index is 8.74. The summed E-state index contributed by atoms with van der Waals surface area (Å²) in [4.78, 5) is 0. The van der Waals surface area contributed by atoms with Gasteiger partial charge in [-0.25, -0.2) is 0 Å². The molecular formula is C26H22O4S. The lowest BCUT2D eigenvalue weighted by atomic mass is 9.86. The van der Waals surface area contributed by atoms with Crippen LogP contribution in [0.15, 0.2) is 121 Å². The highest BCUT2D eigenvalue weighted by atomic mass is 32.3. The molecular weight excluding hydrogens is 408 g/mol. The van der Waals surface area contributed by atoms with Crippen LogP contribution in [0.1, 0.15) is 22.3 Å². The number of rotatable bonds is 4. The van der Waals surface area contributed by atoms with Crippen LogP contribution in [0.25, 0.3) is 11.1 Å². The second kappa shape index (κ2) is 10.5. The van der Waals surface area contributed by atoms with E-state index in [0.717, 1.165) is 0 Å². The van der Waals surface area contributed by atoms with E-state index in [1.54, 1.807) is 0 Å². The predicted molar refractivity (Wildman–Crippen MR) is 125 cm³/mol. The zero-order valence-corrected chi connectivity index (χ0v) is 17.5. The molecule has 0 fully saturated rings. The van der Waals surface area contributed by atoms with Gasteiger partial charge in [0.2, 0.25) is 0 Å². The third kappa shape index (κ3) is 6.76. The Kier molecular flexibility index (Phi) is 7.51. The largest absolute Gasteiger partial charge is 0.394 e. The summed E-state index contributed by atoms with van der Waals surface area (Å²) < 4.78 is 31.6. The molecule has 0 amide bonds. The van der Waals surface area contributed by atoms with Crippen molar-refractivity contribution >= 4 is 21.5 Å². The lowest BCUT2D eigenvalue weighted by molar-refractivity contribution is 0.381. The standard InChI is InChI=1S/C26H20.H2O4S/c1-5-13-21(14-6-1)25(22-15-7-2-8-16-22)26(23-17-9-3-10-18-23)24-19-11-4-12-20-24;1-5(2,3)4/h1-20H;(H2,1,2,3,4). The Hall–Kier alpha value is -3.51. The average molecular weight is 431 g/mol. The van der Waals surface area contributed by atoms with Gasteiger partial charge in [0.05, 0.1) is 0 Å². The minimum Gasteiger partial charge on any atom is -0.264 e. The third-order valence-corrected chi connectivity index (χ3v) is 4.50. The fraction of sp³-hybridized carbons (Fsp3) is 0. The molecule has 0 bridgehead atoms. The SMILES string of the molecule is O=S(=O)(O)O.c1ccc(C(=C(c2ccccc2)c2ccccc2)c2ccccc2)cc1. The molecule has 2 N–H and O–H groups in total. The number of benzene rings is 4. The molecule has 4 nitrogen and oxygen atoms in total. The molecule has 0 spiro atoms. The topological polar surface area (TPSA) is 74.6 Å². The lowest BCUT2D eigenvalue weighted by Gasteiger charge is -2.18. The normalized spacial score (nSPS) is 10.5. The Labute approximate surface area is 182 Å². The van der Waals surface area contributed by atoms with Crippen LogP contribution >= 0.6 is 0 Å². The van der Waals surface area contributed by atoms with E-state index in [4.69, 9.17) is 17.5 Å². The van der Waals surface area contributed by atoms with E-state index in [9.17, 15) is 0 Å². The predicted octanol–water partition coefficient (Wildman–Crippen LogP) is 6.04. The molecule has 5 heteroatoms. The lowest BCUT2D eigenvalue weighted by Crippen LogP contribution is -1.97. The van der Waals surface area contributed by atoms with Gasteiger partial charge < -0.3 is 0 Å². The minimum absolute atomic E-state index is 1.22. The van der Waals surface area contributed by atoms with E-state index < -0.39 is 10.4 Å². The van der Waals surface area contributed by atoms with E-state index in [0.29, 0.717) is 0 Å². The summed E-state index contributed by atoms with van der Waals surface area (Å²) >= 11 is 0. The van der Waals surface area contributed by atoms with Crippen molar-refractivity contribution < 1.29 is 17.5 Å². The Bertz CT molecular complexity index is 1040. The van der Waals surface area contributed by atoms with Crippen molar-refractivity contribution in [3.63, 3.8) is 0 Å². The van der Waals surface area contributed by atoms with Gasteiger partial charge in [-0.3, -0.25) is 9.11 Å². The second-order valence-electron chi connectivity index (χ2n) is 6.66. The van der Waals surface area contributed by atoms with Crippen LogP contribution in [0.4, 0.5) is 0 Å². The molecule has 4 aromatic carbocycles. The van der Waals surface area contributed by atoms with E-state index >= 15 is 0 Å². The van der Waals surface area contributed by atoms with Gasteiger partial charge in [-0.2, -0.15) is 8.42 Å². The molecule has 0 atom stereocenters. The average Bonchev–Trinajstić information content (AvgIpc) is 2.78. The molecule has 4 aromatic rings.